The van der Waals surface area contributed by atoms with Gasteiger partial charge >= 0.3 is 0 Å². The molecule has 0 saturated heterocycles. The zero-order chi connectivity index (χ0) is 12.1. The Labute approximate surface area is 102 Å². The topological polar surface area (TPSA) is 32.3 Å². The molecule has 0 spiro atoms. The fourth-order valence-corrected chi connectivity index (χ4v) is 1.45. The summed E-state index contributed by atoms with van der Waals surface area (Å²) in [5.74, 6) is 0.737. The first kappa shape index (κ1) is 13.2. The Kier molecular flexibility index (Phi) is 4.96. The maximum absolute atomic E-state index is 5.77. The molecule has 0 saturated carbocycles. The van der Waals surface area contributed by atoms with E-state index in [-0.39, 0.29) is 0 Å². The van der Waals surface area contributed by atoms with Crippen LogP contribution in [0.4, 0.5) is 5.95 Å². The highest BCUT2D eigenvalue weighted by molar-refractivity contribution is 6.30. The SMILES string of the molecule is CC(C)N(CCN(C)C)c1ncc(Cl)cn1. The lowest BCUT2D eigenvalue weighted by molar-refractivity contribution is 0.406. The lowest BCUT2D eigenvalue weighted by atomic mass is 10.3. The van der Waals surface area contributed by atoms with Crippen molar-refractivity contribution in [3.05, 3.63) is 17.4 Å². The van der Waals surface area contributed by atoms with Gasteiger partial charge in [-0.1, -0.05) is 11.6 Å². The van der Waals surface area contributed by atoms with Crippen molar-refractivity contribution in [1.82, 2.24) is 14.9 Å². The van der Waals surface area contributed by atoms with E-state index in [2.05, 4.69) is 47.7 Å². The number of rotatable bonds is 5. The zero-order valence-corrected chi connectivity index (χ0v) is 11.1. The first-order valence-electron chi connectivity index (χ1n) is 5.39. The Morgan fingerprint density at radius 2 is 1.75 bits per heavy atom. The second-order valence-electron chi connectivity index (χ2n) is 4.29. The summed E-state index contributed by atoms with van der Waals surface area (Å²) in [6, 6.07) is 0.376. The Morgan fingerprint density at radius 3 is 2.19 bits per heavy atom. The van der Waals surface area contributed by atoms with Crippen LogP contribution in [0, 0.1) is 0 Å². The predicted molar refractivity (Wildman–Crippen MR) is 68.1 cm³/mol. The van der Waals surface area contributed by atoms with E-state index in [4.69, 9.17) is 11.6 Å². The monoisotopic (exact) mass is 242 g/mol. The molecule has 90 valence electrons. The fourth-order valence-electron chi connectivity index (χ4n) is 1.35. The third-order valence-electron chi connectivity index (χ3n) is 2.28. The van der Waals surface area contributed by atoms with E-state index in [0.717, 1.165) is 19.0 Å². The minimum Gasteiger partial charge on any atom is -0.337 e. The Balaban J connectivity index is 2.73. The summed E-state index contributed by atoms with van der Waals surface area (Å²) in [5.41, 5.74) is 0. The van der Waals surface area contributed by atoms with Gasteiger partial charge in [-0.15, -0.1) is 0 Å². The van der Waals surface area contributed by atoms with E-state index in [0.29, 0.717) is 11.1 Å². The second-order valence-corrected chi connectivity index (χ2v) is 4.73. The number of likely N-dealkylation sites (N-methyl/N-ethyl adjacent to an activating group) is 1. The summed E-state index contributed by atoms with van der Waals surface area (Å²) in [6.07, 6.45) is 3.27. The fraction of sp³-hybridized carbons (Fsp3) is 0.636. The van der Waals surface area contributed by atoms with Crippen LogP contribution in [0.2, 0.25) is 5.02 Å². The molecule has 1 heterocycles. The second kappa shape index (κ2) is 6.01. The van der Waals surface area contributed by atoms with Crippen LogP contribution in [-0.4, -0.2) is 48.1 Å². The maximum atomic E-state index is 5.77. The van der Waals surface area contributed by atoms with E-state index in [1.54, 1.807) is 12.4 Å². The van der Waals surface area contributed by atoms with Gasteiger partial charge in [0, 0.05) is 19.1 Å². The molecule has 0 bridgehead atoms. The molecule has 0 amide bonds. The molecule has 1 aromatic heterocycles. The highest BCUT2D eigenvalue weighted by Gasteiger charge is 2.13. The van der Waals surface area contributed by atoms with Crippen molar-refractivity contribution >= 4 is 17.5 Å². The first-order valence-corrected chi connectivity index (χ1v) is 5.77. The Morgan fingerprint density at radius 1 is 1.19 bits per heavy atom. The van der Waals surface area contributed by atoms with E-state index in [9.17, 15) is 0 Å². The Bertz CT molecular complexity index is 310. The van der Waals surface area contributed by atoms with Gasteiger partial charge in [0.2, 0.25) is 5.95 Å². The standard InChI is InChI=1S/C11H19ClN4/c1-9(2)16(6-5-15(3)4)11-13-7-10(12)8-14-11/h7-9H,5-6H2,1-4H3. The molecule has 1 rings (SSSR count). The molecule has 0 aliphatic rings. The molecule has 0 fully saturated rings. The largest absolute Gasteiger partial charge is 0.337 e. The van der Waals surface area contributed by atoms with Crippen LogP contribution in [0.15, 0.2) is 12.4 Å². The van der Waals surface area contributed by atoms with E-state index >= 15 is 0 Å². The maximum Gasteiger partial charge on any atom is 0.225 e. The number of hydrogen-bond donors (Lipinski definition) is 0. The average molecular weight is 243 g/mol. The molecule has 0 aromatic carbocycles. The van der Waals surface area contributed by atoms with Crippen molar-refractivity contribution in [2.45, 2.75) is 19.9 Å². The smallest absolute Gasteiger partial charge is 0.225 e. The normalized spacial score (nSPS) is 11.2. The van der Waals surface area contributed by atoms with Crippen molar-refractivity contribution in [3.63, 3.8) is 0 Å². The van der Waals surface area contributed by atoms with Gasteiger partial charge < -0.3 is 9.80 Å². The molecule has 0 unspecified atom stereocenters. The van der Waals surface area contributed by atoms with Gasteiger partial charge in [-0.25, -0.2) is 9.97 Å². The van der Waals surface area contributed by atoms with Crippen molar-refractivity contribution < 1.29 is 0 Å². The summed E-state index contributed by atoms with van der Waals surface area (Å²) < 4.78 is 0. The van der Waals surface area contributed by atoms with E-state index in [1.165, 1.54) is 0 Å². The first-order chi connectivity index (χ1) is 7.50. The molecule has 0 atom stereocenters. The third kappa shape index (κ3) is 3.94. The van der Waals surface area contributed by atoms with Crippen LogP contribution in [0.1, 0.15) is 13.8 Å². The molecule has 4 nitrogen and oxygen atoms in total. The number of halogens is 1. The summed E-state index contributed by atoms with van der Waals surface area (Å²) >= 11 is 5.77. The summed E-state index contributed by atoms with van der Waals surface area (Å²) in [4.78, 5) is 12.8. The molecule has 16 heavy (non-hydrogen) atoms. The van der Waals surface area contributed by atoms with Gasteiger partial charge in [0.15, 0.2) is 0 Å². The number of nitrogens with zero attached hydrogens (tertiary/aromatic N) is 4. The quantitative estimate of drug-likeness (QED) is 0.790. The highest BCUT2D eigenvalue weighted by Crippen LogP contribution is 2.12. The summed E-state index contributed by atoms with van der Waals surface area (Å²) in [6.45, 7) is 6.15. The molecule has 1 aromatic rings. The summed E-state index contributed by atoms with van der Waals surface area (Å²) in [5, 5.41) is 0.570. The van der Waals surface area contributed by atoms with Gasteiger partial charge in [0.25, 0.3) is 0 Å². The van der Waals surface area contributed by atoms with Gasteiger partial charge in [-0.2, -0.15) is 0 Å². The number of hydrogen-bond acceptors (Lipinski definition) is 4. The Hall–Kier alpha value is -0.870. The number of aromatic nitrogens is 2. The predicted octanol–water partition coefficient (Wildman–Crippen LogP) is 1.91. The molecule has 5 heteroatoms. The third-order valence-corrected chi connectivity index (χ3v) is 2.47. The van der Waals surface area contributed by atoms with Crippen molar-refractivity contribution in [3.8, 4) is 0 Å². The molecule has 0 aliphatic heterocycles. The minimum absolute atomic E-state index is 0.376. The minimum atomic E-state index is 0.376. The van der Waals surface area contributed by atoms with Crippen LogP contribution in [0.25, 0.3) is 0 Å². The number of anilines is 1. The highest BCUT2D eigenvalue weighted by atomic mass is 35.5. The van der Waals surface area contributed by atoms with Crippen LogP contribution in [-0.2, 0) is 0 Å². The van der Waals surface area contributed by atoms with Gasteiger partial charge in [0.05, 0.1) is 17.4 Å². The average Bonchev–Trinajstić information content (AvgIpc) is 2.20. The van der Waals surface area contributed by atoms with Crippen LogP contribution in [0.3, 0.4) is 0 Å². The van der Waals surface area contributed by atoms with Crippen LogP contribution in [0.5, 0.6) is 0 Å². The molecule has 0 N–H and O–H groups in total. The van der Waals surface area contributed by atoms with Crippen molar-refractivity contribution in [2.75, 3.05) is 32.1 Å². The van der Waals surface area contributed by atoms with E-state index in [1.807, 2.05) is 0 Å². The lowest BCUT2D eigenvalue weighted by Gasteiger charge is -2.27. The zero-order valence-electron chi connectivity index (χ0n) is 10.3. The van der Waals surface area contributed by atoms with Crippen LogP contribution < -0.4 is 4.90 Å². The van der Waals surface area contributed by atoms with Gasteiger partial charge in [0.1, 0.15) is 0 Å². The molecule has 0 aliphatic carbocycles. The van der Waals surface area contributed by atoms with Crippen LogP contribution >= 0.6 is 11.6 Å². The van der Waals surface area contributed by atoms with E-state index < -0.39 is 0 Å². The van der Waals surface area contributed by atoms with Gasteiger partial charge in [-0.05, 0) is 27.9 Å². The summed E-state index contributed by atoms with van der Waals surface area (Å²) in [7, 11) is 4.11. The molecular weight excluding hydrogens is 224 g/mol. The lowest BCUT2D eigenvalue weighted by Crippen LogP contribution is -2.37. The molecule has 0 radical (unpaired) electrons. The van der Waals surface area contributed by atoms with Crippen molar-refractivity contribution in [1.29, 1.82) is 0 Å². The van der Waals surface area contributed by atoms with Crippen molar-refractivity contribution in [2.24, 2.45) is 0 Å². The molecular formula is C11H19ClN4. The van der Waals surface area contributed by atoms with Gasteiger partial charge in [-0.3, -0.25) is 0 Å².